The molecule has 20 heavy (non-hydrogen) atoms. The summed E-state index contributed by atoms with van der Waals surface area (Å²) in [4.78, 5) is 37.4. The van der Waals surface area contributed by atoms with Crippen LogP contribution in [0.25, 0.3) is 0 Å². The van der Waals surface area contributed by atoms with Crippen LogP contribution in [-0.2, 0) is 14.2 Å². The van der Waals surface area contributed by atoms with Crippen molar-refractivity contribution in [2.45, 2.75) is 40.0 Å². The molecule has 0 saturated heterocycles. The fourth-order valence-electron chi connectivity index (χ4n) is 1.33. The molecular formula is C12H23O7P. The molecular weight excluding hydrogens is 287 g/mol. The number of carboxylic acid groups (broad SMARTS) is 2. The van der Waals surface area contributed by atoms with Crippen molar-refractivity contribution in [3.05, 3.63) is 12.4 Å². The van der Waals surface area contributed by atoms with E-state index in [0.29, 0.717) is 12.2 Å². The quantitative estimate of drug-likeness (QED) is 0.530. The Balaban J connectivity index is 0. The van der Waals surface area contributed by atoms with Crippen molar-refractivity contribution >= 4 is 19.5 Å². The Hall–Kier alpha value is -1.17. The van der Waals surface area contributed by atoms with E-state index in [4.69, 9.17) is 20.0 Å². The van der Waals surface area contributed by atoms with Gasteiger partial charge in [-0.1, -0.05) is 33.3 Å². The summed E-state index contributed by atoms with van der Waals surface area (Å²) < 4.78 is 9.58. The van der Waals surface area contributed by atoms with Crippen molar-refractivity contribution in [1.82, 2.24) is 0 Å². The Morgan fingerprint density at radius 3 is 1.95 bits per heavy atom. The molecule has 0 aliphatic rings. The second-order valence-electron chi connectivity index (χ2n) is 4.66. The van der Waals surface area contributed by atoms with Gasteiger partial charge in [-0.3, -0.25) is 14.2 Å². The highest BCUT2D eigenvalue weighted by molar-refractivity contribution is 7.55. The third-order valence-corrected chi connectivity index (χ3v) is 3.58. The first-order valence-corrected chi connectivity index (χ1v) is 7.75. The molecule has 0 aromatic heterocycles. The van der Waals surface area contributed by atoms with Crippen LogP contribution in [0.4, 0.5) is 0 Å². The number of rotatable bonds is 7. The Labute approximate surface area is 118 Å². The van der Waals surface area contributed by atoms with Gasteiger partial charge in [-0.05, 0) is 13.3 Å². The molecule has 0 radical (unpaired) electrons. The van der Waals surface area contributed by atoms with Gasteiger partial charge >= 0.3 is 19.5 Å². The lowest BCUT2D eigenvalue weighted by molar-refractivity contribution is -0.161. The first-order valence-electron chi connectivity index (χ1n) is 6.07. The van der Waals surface area contributed by atoms with Crippen LogP contribution >= 0.6 is 7.60 Å². The maximum absolute atomic E-state index is 11.0. The zero-order chi connectivity index (χ0) is 16.6. The molecule has 0 aromatic carbocycles. The molecule has 0 bridgehead atoms. The monoisotopic (exact) mass is 310 g/mol. The predicted octanol–water partition coefficient (Wildman–Crippen LogP) is 2.30. The van der Waals surface area contributed by atoms with E-state index in [1.165, 1.54) is 13.8 Å². The Bertz CT molecular complexity index is 387. The van der Waals surface area contributed by atoms with Gasteiger partial charge in [0, 0.05) is 5.82 Å². The molecule has 0 amide bonds. The van der Waals surface area contributed by atoms with Crippen LogP contribution in [0.3, 0.4) is 0 Å². The van der Waals surface area contributed by atoms with E-state index in [9.17, 15) is 14.2 Å². The lowest BCUT2D eigenvalue weighted by Gasteiger charge is -2.28. The molecule has 0 aliphatic heterocycles. The molecule has 8 heteroatoms. The minimum absolute atomic E-state index is 0.409. The average Bonchev–Trinajstić information content (AvgIpc) is 2.34. The lowest BCUT2D eigenvalue weighted by atomic mass is 9.74. The fraction of sp³-hybridized carbons (Fsp3) is 0.667. The van der Waals surface area contributed by atoms with Gasteiger partial charge in [-0.2, -0.15) is 0 Å². The minimum atomic E-state index is -3.88. The van der Waals surface area contributed by atoms with E-state index in [1.54, 1.807) is 0 Å². The van der Waals surface area contributed by atoms with Gasteiger partial charge in [0.2, 0.25) is 0 Å². The lowest BCUT2D eigenvalue weighted by Crippen LogP contribution is -2.38. The SMILES string of the molecule is C=CP(=O)(O)O.CCCCC(C)(C(=O)O)C(C)C(=O)O. The molecule has 118 valence electrons. The number of aliphatic carboxylic acids is 2. The van der Waals surface area contributed by atoms with Gasteiger partial charge in [0.1, 0.15) is 0 Å². The van der Waals surface area contributed by atoms with Crippen LogP contribution in [0.15, 0.2) is 12.4 Å². The van der Waals surface area contributed by atoms with Crippen LogP contribution in [0.2, 0.25) is 0 Å². The highest BCUT2D eigenvalue weighted by Crippen LogP contribution is 2.34. The molecule has 2 atom stereocenters. The molecule has 0 aromatic rings. The van der Waals surface area contributed by atoms with E-state index in [1.807, 2.05) is 6.92 Å². The summed E-state index contributed by atoms with van der Waals surface area (Å²) in [5.74, 6) is -2.33. The minimum Gasteiger partial charge on any atom is -0.481 e. The van der Waals surface area contributed by atoms with Crippen molar-refractivity contribution in [2.75, 3.05) is 0 Å². The first kappa shape index (κ1) is 21.1. The predicted molar refractivity (Wildman–Crippen MR) is 74.3 cm³/mol. The zero-order valence-corrected chi connectivity index (χ0v) is 12.8. The van der Waals surface area contributed by atoms with Gasteiger partial charge in [-0.25, -0.2) is 0 Å². The highest BCUT2D eigenvalue weighted by atomic mass is 31.2. The van der Waals surface area contributed by atoms with E-state index in [-0.39, 0.29) is 0 Å². The molecule has 4 N–H and O–H groups in total. The van der Waals surface area contributed by atoms with Crippen molar-refractivity contribution in [2.24, 2.45) is 11.3 Å². The van der Waals surface area contributed by atoms with Crippen LogP contribution < -0.4 is 0 Å². The summed E-state index contributed by atoms with van der Waals surface area (Å²) in [5, 5.41) is 17.8. The van der Waals surface area contributed by atoms with E-state index >= 15 is 0 Å². The fourth-order valence-corrected chi connectivity index (χ4v) is 1.33. The average molecular weight is 310 g/mol. The maximum Gasteiger partial charge on any atom is 0.348 e. The van der Waals surface area contributed by atoms with Crippen LogP contribution in [-0.4, -0.2) is 31.9 Å². The highest BCUT2D eigenvalue weighted by Gasteiger charge is 2.42. The maximum atomic E-state index is 11.0. The van der Waals surface area contributed by atoms with Gasteiger partial charge in [0.25, 0.3) is 0 Å². The standard InChI is InChI=1S/C10H18O4.C2H5O3P/c1-4-5-6-10(3,9(13)14)7(2)8(11)12;1-2-6(3,4)5/h7H,4-6H2,1-3H3,(H,11,12)(H,13,14);2H,1H2,(H2,3,4,5). The third kappa shape index (κ3) is 8.09. The smallest absolute Gasteiger partial charge is 0.348 e. The van der Waals surface area contributed by atoms with E-state index in [2.05, 4.69) is 6.58 Å². The van der Waals surface area contributed by atoms with Gasteiger partial charge in [0.15, 0.2) is 0 Å². The summed E-state index contributed by atoms with van der Waals surface area (Å²) in [6, 6.07) is 0. The number of carbonyl (C=O) groups is 2. The van der Waals surface area contributed by atoms with Crippen LogP contribution in [0, 0.1) is 11.3 Å². The Morgan fingerprint density at radius 1 is 1.35 bits per heavy atom. The summed E-state index contributed by atoms with van der Waals surface area (Å²) in [6.45, 7) is 7.78. The van der Waals surface area contributed by atoms with Crippen molar-refractivity contribution in [3.63, 3.8) is 0 Å². The summed E-state index contributed by atoms with van der Waals surface area (Å²) in [7, 11) is -3.88. The zero-order valence-electron chi connectivity index (χ0n) is 11.9. The van der Waals surface area contributed by atoms with Gasteiger partial charge in [-0.15, -0.1) is 0 Å². The normalized spacial score (nSPS) is 15.2. The third-order valence-electron chi connectivity index (χ3n) is 3.10. The molecule has 0 aliphatic carbocycles. The molecule has 2 unspecified atom stereocenters. The molecule has 7 nitrogen and oxygen atoms in total. The van der Waals surface area contributed by atoms with Crippen molar-refractivity contribution in [3.8, 4) is 0 Å². The Kier molecular flexibility index (Phi) is 9.40. The van der Waals surface area contributed by atoms with Gasteiger partial charge < -0.3 is 20.0 Å². The Morgan fingerprint density at radius 2 is 1.75 bits per heavy atom. The van der Waals surface area contributed by atoms with Crippen LogP contribution in [0.5, 0.6) is 0 Å². The topological polar surface area (TPSA) is 132 Å². The first-order chi connectivity index (χ1) is 8.92. The molecule has 0 rings (SSSR count). The molecule has 0 spiro atoms. The summed E-state index contributed by atoms with van der Waals surface area (Å²) in [6.07, 6.45) is 2.02. The molecule has 0 heterocycles. The summed E-state index contributed by atoms with van der Waals surface area (Å²) in [5.41, 5.74) is -1.15. The number of hydrogen-bond acceptors (Lipinski definition) is 3. The largest absolute Gasteiger partial charge is 0.481 e. The van der Waals surface area contributed by atoms with E-state index < -0.39 is 30.9 Å². The van der Waals surface area contributed by atoms with Gasteiger partial charge in [0.05, 0.1) is 11.3 Å². The number of hydrogen-bond donors (Lipinski definition) is 4. The van der Waals surface area contributed by atoms with Crippen molar-refractivity contribution in [1.29, 1.82) is 0 Å². The van der Waals surface area contributed by atoms with Crippen LogP contribution in [0.1, 0.15) is 40.0 Å². The second-order valence-corrected chi connectivity index (χ2v) is 6.20. The van der Waals surface area contributed by atoms with E-state index in [0.717, 1.165) is 12.8 Å². The molecule has 0 fully saturated rings. The number of unbranched alkanes of at least 4 members (excludes halogenated alkanes) is 1. The molecule has 0 saturated carbocycles. The van der Waals surface area contributed by atoms with Crippen molar-refractivity contribution < 1.29 is 34.2 Å². The second kappa shape index (κ2) is 8.89. The summed E-state index contributed by atoms with van der Waals surface area (Å²) >= 11 is 0. The number of carboxylic acids is 2.